The number of nitrogens with zero attached hydrogens (tertiary/aromatic N) is 1. The second-order valence-corrected chi connectivity index (χ2v) is 5.55. The number of hydrogen-bond acceptors (Lipinski definition) is 4. The van der Waals surface area contributed by atoms with Crippen LogP contribution in [0.15, 0.2) is 17.5 Å². The average molecular weight is 263 g/mol. The third kappa shape index (κ3) is 2.31. The molecule has 1 aliphatic heterocycles. The van der Waals surface area contributed by atoms with Crippen molar-refractivity contribution < 1.29 is 0 Å². The van der Waals surface area contributed by atoms with Crippen LogP contribution in [0, 0.1) is 4.64 Å². The maximum Gasteiger partial charge on any atom is 0.134 e. The summed E-state index contributed by atoms with van der Waals surface area (Å²) in [6.45, 7) is 1.86. The fraction of sp³-hybridized carbons (Fsp3) is 0.333. The second-order valence-electron chi connectivity index (χ2n) is 4.13. The van der Waals surface area contributed by atoms with Crippen molar-refractivity contribution in [2.45, 2.75) is 19.4 Å². The first-order valence-electron chi connectivity index (χ1n) is 5.67. The number of aromatic amines is 1. The summed E-state index contributed by atoms with van der Waals surface area (Å²) in [5.74, 6) is 0.984. The summed E-state index contributed by atoms with van der Waals surface area (Å²) in [6, 6.07) is 4.20. The van der Waals surface area contributed by atoms with Gasteiger partial charge in [-0.1, -0.05) is 18.3 Å². The molecule has 88 valence electrons. The smallest absolute Gasteiger partial charge is 0.134 e. The van der Waals surface area contributed by atoms with Crippen LogP contribution in [0.5, 0.6) is 0 Å². The quantitative estimate of drug-likeness (QED) is 0.818. The first kappa shape index (κ1) is 11.1. The zero-order valence-corrected chi connectivity index (χ0v) is 11.0. The minimum absolute atomic E-state index is 0.748. The second kappa shape index (κ2) is 4.68. The molecule has 0 unspecified atom stereocenters. The Morgan fingerprint density at radius 2 is 2.41 bits per heavy atom. The van der Waals surface area contributed by atoms with Gasteiger partial charge in [-0.2, -0.15) is 0 Å². The number of nitrogens with one attached hydrogen (secondary N) is 2. The summed E-state index contributed by atoms with van der Waals surface area (Å²) in [6.07, 6.45) is 1.86. The Hall–Kier alpha value is -1.04. The van der Waals surface area contributed by atoms with E-state index in [1.54, 1.807) is 11.3 Å². The molecule has 0 amide bonds. The van der Waals surface area contributed by atoms with Gasteiger partial charge < -0.3 is 10.3 Å². The lowest BCUT2D eigenvalue weighted by Crippen LogP contribution is -2.26. The molecule has 0 spiro atoms. The highest BCUT2D eigenvalue weighted by Gasteiger charge is 2.12. The first-order chi connectivity index (χ1) is 8.33. The van der Waals surface area contributed by atoms with Gasteiger partial charge >= 0.3 is 0 Å². The summed E-state index contributed by atoms with van der Waals surface area (Å²) >= 11 is 7.11. The molecule has 0 saturated carbocycles. The van der Waals surface area contributed by atoms with E-state index in [1.165, 1.54) is 16.1 Å². The molecule has 0 aromatic carbocycles. The summed E-state index contributed by atoms with van der Waals surface area (Å²) < 4.78 is 0.748. The average Bonchev–Trinajstić information content (AvgIpc) is 2.82. The Balaban J connectivity index is 1.96. The van der Waals surface area contributed by atoms with Gasteiger partial charge in [-0.3, -0.25) is 0 Å². The molecule has 2 aromatic heterocycles. The molecule has 3 nitrogen and oxygen atoms in total. The van der Waals surface area contributed by atoms with E-state index in [1.807, 2.05) is 0 Å². The van der Waals surface area contributed by atoms with Crippen LogP contribution in [0.2, 0.25) is 0 Å². The van der Waals surface area contributed by atoms with Gasteiger partial charge in [0, 0.05) is 42.1 Å². The molecule has 0 fully saturated rings. The van der Waals surface area contributed by atoms with Crippen molar-refractivity contribution in [3.8, 4) is 0 Å². The van der Waals surface area contributed by atoms with Crippen LogP contribution in [-0.4, -0.2) is 16.5 Å². The van der Waals surface area contributed by atoms with Gasteiger partial charge in [0.15, 0.2) is 0 Å². The maximum atomic E-state index is 5.35. The zero-order chi connectivity index (χ0) is 11.7. The third-order valence-corrected chi connectivity index (χ3v) is 4.14. The summed E-state index contributed by atoms with van der Waals surface area (Å²) in [4.78, 5) is 9.24. The van der Waals surface area contributed by atoms with E-state index in [2.05, 4.69) is 32.8 Å². The number of rotatable bonds is 2. The van der Waals surface area contributed by atoms with Gasteiger partial charge in [0.2, 0.25) is 0 Å². The molecule has 0 aliphatic carbocycles. The Bertz CT molecular complexity index is 572. The van der Waals surface area contributed by atoms with Gasteiger partial charge in [0.05, 0.1) is 0 Å². The minimum atomic E-state index is 0.748. The van der Waals surface area contributed by atoms with Crippen LogP contribution in [0.3, 0.4) is 0 Å². The van der Waals surface area contributed by atoms with E-state index >= 15 is 0 Å². The molecule has 3 rings (SSSR count). The fourth-order valence-corrected chi connectivity index (χ4v) is 3.10. The van der Waals surface area contributed by atoms with Crippen molar-refractivity contribution in [1.82, 2.24) is 15.3 Å². The van der Waals surface area contributed by atoms with Gasteiger partial charge in [-0.25, -0.2) is 4.98 Å². The van der Waals surface area contributed by atoms with Crippen LogP contribution in [0.25, 0.3) is 0 Å². The molecule has 2 aromatic rings. The standard InChI is InChI=1S/C12H13N3S2/c16-12-9-7-13-4-3-10(9)14-11(15-12)6-8-2-1-5-17-8/h1-2,5,13H,3-4,6-7H2,(H,14,15,16). The van der Waals surface area contributed by atoms with Crippen LogP contribution in [0.1, 0.15) is 22.0 Å². The lowest BCUT2D eigenvalue weighted by Gasteiger charge is -2.17. The van der Waals surface area contributed by atoms with E-state index in [9.17, 15) is 0 Å². The predicted molar refractivity (Wildman–Crippen MR) is 72.0 cm³/mol. The highest BCUT2D eigenvalue weighted by molar-refractivity contribution is 7.71. The normalized spacial score (nSPS) is 14.6. The Labute approximate surface area is 109 Å². The summed E-state index contributed by atoms with van der Waals surface area (Å²) in [5.41, 5.74) is 2.43. The number of aromatic nitrogens is 2. The van der Waals surface area contributed by atoms with E-state index in [0.717, 1.165) is 36.4 Å². The fourth-order valence-electron chi connectivity index (χ4n) is 2.08. The molecule has 0 atom stereocenters. The van der Waals surface area contributed by atoms with Crippen molar-refractivity contribution in [3.05, 3.63) is 44.1 Å². The van der Waals surface area contributed by atoms with Crippen molar-refractivity contribution in [2.24, 2.45) is 0 Å². The van der Waals surface area contributed by atoms with Crippen LogP contribution >= 0.6 is 23.6 Å². The van der Waals surface area contributed by atoms with E-state index in [-0.39, 0.29) is 0 Å². The van der Waals surface area contributed by atoms with E-state index in [4.69, 9.17) is 12.2 Å². The predicted octanol–water partition coefficient (Wildman–Crippen LogP) is 2.44. The van der Waals surface area contributed by atoms with E-state index in [0.29, 0.717) is 0 Å². The van der Waals surface area contributed by atoms with Crippen LogP contribution in [0.4, 0.5) is 0 Å². The Kier molecular flexibility index (Phi) is 3.05. The monoisotopic (exact) mass is 263 g/mol. The maximum absolute atomic E-state index is 5.35. The topological polar surface area (TPSA) is 40.7 Å². The summed E-state index contributed by atoms with van der Waals surface area (Å²) in [5, 5.41) is 5.41. The molecule has 0 bridgehead atoms. The number of thiophene rings is 1. The van der Waals surface area contributed by atoms with Gasteiger partial charge in [0.1, 0.15) is 10.5 Å². The minimum Gasteiger partial charge on any atom is -0.346 e. The molecule has 0 radical (unpaired) electrons. The molecule has 1 aliphatic rings. The SMILES string of the molecule is S=c1nc(Cc2cccs2)[nH]c2c1CNCC2. The van der Waals surface area contributed by atoms with Crippen LogP contribution < -0.4 is 5.32 Å². The van der Waals surface area contributed by atoms with Crippen LogP contribution in [-0.2, 0) is 19.4 Å². The van der Waals surface area contributed by atoms with E-state index < -0.39 is 0 Å². The van der Waals surface area contributed by atoms with Crippen molar-refractivity contribution in [3.63, 3.8) is 0 Å². The van der Waals surface area contributed by atoms with Crippen molar-refractivity contribution in [1.29, 1.82) is 0 Å². The molecular formula is C12H13N3S2. The number of fused-ring (bicyclic) bond motifs is 1. The number of H-pyrrole nitrogens is 1. The Morgan fingerprint density at radius 1 is 1.47 bits per heavy atom. The first-order valence-corrected chi connectivity index (χ1v) is 6.96. The highest BCUT2D eigenvalue weighted by Crippen LogP contribution is 2.16. The van der Waals surface area contributed by atoms with Crippen molar-refractivity contribution in [2.75, 3.05) is 6.54 Å². The molecular weight excluding hydrogens is 250 g/mol. The molecule has 3 heterocycles. The molecule has 2 N–H and O–H groups in total. The highest BCUT2D eigenvalue weighted by atomic mass is 32.1. The lowest BCUT2D eigenvalue weighted by atomic mass is 10.1. The number of hydrogen-bond donors (Lipinski definition) is 2. The van der Waals surface area contributed by atoms with Crippen molar-refractivity contribution >= 4 is 23.6 Å². The molecule has 0 saturated heterocycles. The summed E-state index contributed by atoms with van der Waals surface area (Å²) in [7, 11) is 0. The molecule has 17 heavy (non-hydrogen) atoms. The zero-order valence-electron chi connectivity index (χ0n) is 9.32. The largest absolute Gasteiger partial charge is 0.346 e. The van der Waals surface area contributed by atoms with Gasteiger partial charge in [-0.15, -0.1) is 11.3 Å². The van der Waals surface area contributed by atoms with Gasteiger partial charge in [0.25, 0.3) is 0 Å². The molecule has 5 heteroatoms. The van der Waals surface area contributed by atoms with Gasteiger partial charge in [-0.05, 0) is 11.4 Å². The Morgan fingerprint density at radius 3 is 3.24 bits per heavy atom. The third-order valence-electron chi connectivity index (χ3n) is 2.93. The lowest BCUT2D eigenvalue weighted by molar-refractivity contribution is 0.619.